The Labute approximate surface area is 115 Å². The van der Waals surface area contributed by atoms with Gasteiger partial charge in [0.2, 0.25) is 6.79 Å². The summed E-state index contributed by atoms with van der Waals surface area (Å²) >= 11 is 0. The van der Waals surface area contributed by atoms with Crippen LogP contribution in [0.3, 0.4) is 0 Å². The average molecular weight is 277 g/mol. The van der Waals surface area contributed by atoms with Gasteiger partial charge in [-0.05, 0) is 23.8 Å². The highest BCUT2D eigenvalue weighted by atomic mass is 19.2. The van der Waals surface area contributed by atoms with Crippen LogP contribution < -0.4 is 14.8 Å². The van der Waals surface area contributed by atoms with Crippen LogP contribution >= 0.6 is 0 Å². The van der Waals surface area contributed by atoms with Crippen LogP contribution in [0.4, 0.5) is 8.78 Å². The Kier molecular flexibility index (Phi) is 3.52. The molecule has 1 heterocycles. The Hall–Kier alpha value is -2.14. The molecular formula is C15H13F2NO2. The molecule has 0 bridgehead atoms. The number of hydrogen-bond acceptors (Lipinski definition) is 3. The van der Waals surface area contributed by atoms with E-state index in [4.69, 9.17) is 9.47 Å². The van der Waals surface area contributed by atoms with Gasteiger partial charge in [0, 0.05) is 18.7 Å². The number of ether oxygens (including phenoxy) is 2. The molecule has 0 unspecified atom stereocenters. The van der Waals surface area contributed by atoms with E-state index >= 15 is 0 Å². The van der Waals surface area contributed by atoms with E-state index < -0.39 is 11.6 Å². The molecule has 3 rings (SSSR count). The van der Waals surface area contributed by atoms with Gasteiger partial charge in [0.25, 0.3) is 0 Å². The number of para-hydroxylation sites is 1. The van der Waals surface area contributed by atoms with Crippen LogP contribution in [-0.4, -0.2) is 6.79 Å². The summed E-state index contributed by atoms with van der Waals surface area (Å²) < 4.78 is 36.6. The first kappa shape index (κ1) is 12.9. The third-order valence-electron chi connectivity index (χ3n) is 3.11. The minimum Gasteiger partial charge on any atom is -0.454 e. The second kappa shape index (κ2) is 5.46. The third-order valence-corrected chi connectivity index (χ3v) is 3.11. The van der Waals surface area contributed by atoms with Crippen molar-refractivity contribution in [3.05, 3.63) is 59.2 Å². The molecule has 0 atom stereocenters. The summed E-state index contributed by atoms with van der Waals surface area (Å²) in [5, 5.41) is 3.17. The number of nitrogens with one attached hydrogen (secondary N) is 1. The summed E-state index contributed by atoms with van der Waals surface area (Å²) in [7, 11) is 0. The molecule has 0 aromatic heterocycles. The van der Waals surface area contributed by atoms with Gasteiger partial charge in [-0.2, -0.15) is 0 Å². The van der Waals surface area contributed by atoms with Crippen LogP contribution in [0.1, 0.15) is 11.1 Å². The third kappa shape index (κ3) is 2.58. The van der Waals surface area contributed by atoms with Crippen LogP contribution in [0.2, 0.25) is 0 Å². The molecule has 5 heteroatoms. The van der Waals surface area contributed by atoms with Gasteiger partial charge in [-0.15, -0.1) is 0 Å². The molecule has 2 aromatic rings. The Morgan fingerprint density at radius 2 is 1.90 bits per heavy atom. The van der Waals surface area contributed by atoms with Gasteiger partial charge in [0.05, 0.1) is 0 Å². The maximum atomic E-state index is 13.1. The Balaban J connectivity index is 1.63. The monoisotopic (exact) mass is 277 g/mol. The van der Waals surface area contributed by atoms with E-state index in [9.17, 15) is 8.78 Å². The van der Waals surface area contributed by atoms with Crippen LogP contribution in [0.5, 0.6) is 11.5 Å². The van der Waals surface area contributed by atoms with Gasteiger partial charge in [-0.1, -0.05) is 18.2 Å². The molecule has 0 saturated carbocycles. The summed E-state index contributed by atoms with van der Waals surface area (Å²) in [4.78, 5) is 0. The molecule has 2 aromatic carbocycles. The SMILES string of the molecule is Fc1ccc(CNCc2cccc3c2OCO3)cc1F. The summed E-state index contributed by atoms with van der Waals surface area (Å²) in [5.41, 5.74) is 1.66. The van der Waals surface area contributed by atoms with E-state index in [2.05, 4.69) is 5.32 Å². The molecule has 0 radical (unpaired) electrons. The van der Waals surface area contributed by atoms with Crippen molar-refractivity contribution in [1.29, 1.82) is 0 Å². The largest absolute Gasteiger partial charge is 0.454 e. The summed E-state index contributed by atoms with van der Waals surface area (Å²) in [5.74, 6) is -0.191. The van der Waals surface area contributed by atoms with E-state index in [0.29, 0.717) is 18.7 Å². The lowest BCUT2D eigenvalue weighted by Gasteiger charge is -2.08. The van der Waals surface area contributed by atoms with Gasteiger partial charge in [0.1, 0.15) is 0 Å². The Bertz CT molecular complexity index is 631. The maximum Gasteiger partial charge on any atom is 0.231 e. The molecule has 1 aliphatic heterocycles. The first-order chi connectivity index (χ1) is 9.74. The van der Waals surface area contributed by atoms with E-state index in [-0.39, 0.29) is 6.79 Å². The number of hydrogen-bond donors (Lipinski definition) is 1. The van der Waals surface area contributed by atoms with E-state index in [1.54, 1.807) is 6.07 Å². The fourth-order valence-electron chi connectivity index (χ4n) is 2.12. The normalized spacial score (nSPS) is 12.7. The highest BCUT2D eigenvalue weighted by Gasteiger charge is 2.16. The smallest absolute Gasteiger partial charge is 0.231 e. The van der Waals surface area contributed by atoms with Gasteiger partial charge in [-0.3, -0.25) is 0 Å². The van der Waals surface area contributed by atoms with Gasteiger partial charge >= 0.3 is 0 Å². The molecule has 104 valence electrons. The molecule has 0 amide bonds. The first-order valence-corrected chi connectivity index (χ1v) is 6.26. The summed E-state index contributed by atoms with van der Waals surface area (Å²) in [6.45, 7) is 1.24. The van der Waals surface area contributed by atoms with Crippen LogP contribution in [0.25, 0.3) is 0 Å². The molecule has 0 spiro atoms. The second-order valence-electron chi connectivity index (χ2n) is 4.50. The molecule has 1 aliphatic rings. The van der Waals surface area contributed by atoms with Crippen molar-refractivity contribution in [3.63, 3.8) is 0 Å². The number of fused-ring (bicyclic) bond motifs is 1. The maximum absolute atomic E-state index is 13.1. The second-order valence-corrected chi connectivity index (χ2v) is 4.50. The van der Waals surface area contributed by atoms with Crippen molar-refractivity contribution in [2.45, 2.75) is 13.1 Å². The minimum absolute atomic E-state index is 0.232. The van der Waals surface area contributed by atoms with Crippen molar-refractivity contribution in [3.8, 4) is 11.5 Å². The summed E-state index contributed by atoms with van der Waals surface area (Å²) in [6.07, 6.45) is 0. The lowest BCUT2D eigenvalue weighted by Crippen LogP contribution is -2.13. The zero-order valence-electron chi connectivity index (χ0n) is 10.7. The standard InChI is InChI=1S/C15H13F2NO2/c16-12-5-4-10(6-13(12)17)7-18-8-11-2-1-3-14-15(11)20-9-19-14/h1-6,18H,7-9H2. The molecule has 3 nitrogen and oxygen atoms in total. The lowest BCUT2D eigenvalue weighted by molar-refractivity contribution is 0.173. The van der Waals surface area contributed by atoms with E-state index in [0.717, 1.165) is 23.1 Å². The fraction of sp³-hybridized carbons (Fsp3) is 0.200. The molecule has 1 N–H and O–H groups in total. The zero-order chi connectivity index (χ0) is 13.9. The Morgan fingerprint density at radius 3 is 2.75 bits per heavy atom. The van der Waals surface area contributed by atoms with Crippen molar-refractivity contribution < 1.29 is 18.3 Å². The fourth-order valence-corrected chi connectivity index (χ4v) is 2.12. The van der Waals surface area contributed by atoms with Gasteiger partial charge in [-0.25, -0.2) is 8.78 Å². The Morgan fingerprint density at radius 1 is 1.00 bits per heavy atom. The van der Waals surface area contributed by atoms with Crippen molar-refractivity contribution in [1.82, 2.24) is 5.32 Å². The first-order valence-electron chi connectivity index (χ1n) is 6.26. The number of rotatable bonds is 4. The van der Waals surface area contributed by atoms with Crippen molar-refractivity contribution >= 4 is 0 Å². The minimum atomic E-state index is -0.833. The van der Waals surface area contributed by atoms with Crippen molar-refractivity contribution in [2.24, 2.45) is 0 Å². The van der Waals surface area contributed by atoms with Crippen LogP contribution in [0, 0.1) is 11.6 Å². The molecule has 0 fully saturated rings. The topological polar surface area (TPSA) is 30.5 Å². The van der Waals surface area contributed by atoms with E-state index in [1.807, 2.05) is 18.2 Å². The predicted octanol–water partition coefficient (Wildman–Crippen LogP) is 2.98. The molecular weight excluding hydrogens is 264 g/mol. The number of halogens is 2. The number of benzene rings is 2. The van der Waals surface area contributed by atoms with E-state index in [1.165, 1.54) is 6.07 Å². The van der Waals surface area contributed by atoms with Gasteiger partial charge < -0.3 is 14.8 Å². The summed E-state index contributed by atoms with van der Waals surface area (Å²) in [6, 6.07) is 9.55. The average Bonchev–Trinajstić information content (AvgIpc) is 2.92. The quantitative estimate of drug-likeness (QED) is 0.932. The van der Waals surface area contributed by atoms with Crippen LogP contribution in [0.15, 0.2) is 36.4 Å². The molecule has 20 heavy (non-hydrogen) atoms. The molecule has 0 aliphatic carbocycles. The van der Waals surface area contributed by atoms with Gasteiger partial charge in [0.15, 0.2) is 23.1 Å². The lowest BCUT2D eigenvalue weighted by atomic mass is 10.1. The molecule has 0 saturated heterocycles. The van der Waals surface area contributed by atoms with Crippen molar-refractivity contribution in [2.75, 3.05) is 6.79 Å². The van der Waals surface area contributed by atoms with Crippen LogP contribution in [-0.2, 0) is 13.1 Å². The highest BCUT2D eigenvalue weighted by molar-refractivity contribution is 5.48. The predicted molar refractivity (Wildman–Crippen MR) is 69.5 cm³/mol. The zero-order valence-corrected chi connectivity index (χ0v) is 10.7. The highest BCUT2D eigenvalue weighted by Crippen LogP contribution is 2.35.